The molecule has 1 fully saturated rings. The zero-order valence-electron chi connectivity index (χ0n) is 20.3. The van der Waals surface area contributed by atoms with Crippen LogP contribution in [0, 0.1) is 0 Å². The van der Waals surface area contributed by atoms with Crippen LogP contribution in [0.25, 0.3) is 0 Å². The SMILES string of the molecule is COCCN1CCN(c2ccc(NC(=O)c3c(Nc4cncc5c4CCN5)cc[nH]c3=O)cc2)CC1. The van der Waals surface area contributed by atoms with Crippen molar-refractivity contribution in [3.8, 4) is 0 Å². The number of nitrogens with one attached hydrogen (secondary N) is 4. The van der Waals surface area contributed by atoms with Crippen LogP contribution in [0.2, 0.25) is 0 Å². The predicted octanol–water partition coefficient (Wildman–Crippen LogP) is 2.50. The fourth-order valence-electron chi connectivity index (χ4n) is 4.69. The van der Waals surface area contributed by atoms with Gasteiger partial charge in [0, 0.05) is 69.5 Å². The molecule has 5 rings (SSSR count). The van der Waals surface area contributed by atoms with E-state index in [1.165, 1.54) is 6.20 Å². The van der Waals surface area contributed by atoms with Gasteiger partial charge < -0.3 is 30.6 Å². The molecule has 3 aromatic rings. The summed E-state index contributed by atoms with van der Waals surface area (Å²) in [5, 5.41) is 9.40. The molecule has 4 heterocycles. The van der Waals surface area contributed by atoms with E-state index in [0.29, 0.717) is 11.4 Å². The minimum atomic E-state index is -0.475. The van der Waals surface area contributed by atoms with Gasteiger partial charge in [0.25, 0.3) is 11.5 Å². The number of piperazine rings is 1. The summed E-state index contributed by atoms with van der Waals surface area (Å²) in [6.07, 6.45) is 5.87. The summed E-state index contributed by atoms with van der Waals surface area (Å²) in [6.45, 7) is 6.39. The molecule has 2 aliphatic rings. The van der Waals surface area contributed by atoms with Crippen LogP contribution in [-0.2, 0) is 11.2 Å². The molecular formula is C26H31N7O3. The lowest BCUT2D eigenvalue weighted by Crippen LogP contribution is -2.47. The minimum Gasteiger partial charge on any atom is -0.383 e. The Hall–Kier alpha value is -3.89. The van der Waals surface area contributed by atoms with Crippen LogP contribution >= 0.6 is 0 Å². The summed E-state index contributed by atoms with van der Waals surface area (Å²) < 4.78 is 5.17. The smallest absolute Gasteiger partial charge is 0.263 e. The summed E-state index contributed by atoms with van der Waals surface area (Å²) in [4.78, 5) is 37.4. The molecule has 188 valence electrons. The number of hydrogen-bond acceptors (Lipinski definition) is 8. The van der Waals surface area contributed by atoms with Crippen molar-refractivity contribution < 1.29 is 9.53 Å². The molecule has 4 N–H and O–H groups in total. The third-order valence-corrected chi connectivity index (χ3v) is 6.68. The maximum atomic E-state index is 13.2. The Balaban J connectivity index is 1.27. The van der Waals surface area contributed by atoms with Crippen LogP contribution in [0.15, 0.2) is 53.7 Å². The Morgan fingerprint density at radius 1 is 1.08 bits per heavy atom. The molecule has 0 unspecified atom stereocenters. The van der Waals surface area contributed by atoms with E-state index in [2.05, 4.69) is 35.7 Å². The Labute approximate surface area is 209 Å². The average molecular weight is 490 g/mol. The second kappa shape index (κ2) is 10.8. The lowest BCUT2D eigenvalue weighted by molar-refractivity contribution is 0.102. The van der Waals surface area contributed by atoms with Gasteiger partial charge >= 0.3 is 0 Å². The molecule has 1 saturated heterocycles. The molecule has 10 heteroatoms. The molecule has 0 saturated carbocycles. The standard InChI is InChI=1S/C26H31N7O3/c1-36-15-14-32-10-12-33(13-11-32)19-4-2-18(3-5-19)30-26(35)24-21(7-9-29-25(24)34)31-23-17-27-16-22-20(23)6-8-28-22/h2-5,7,9,16-17,28H,6,8,10-15H2,1H3,(H,30,35)(H2,29,31,34). The quantitative estimate of drug-likeness (QED) is 0.382. The number of amides is 1. The molecule has 10 nitrogen and oxygen atoms in total. The summed E-state index contributed by atoms with van der Waals surface area (Å²) in [5.74, 6) is -0.475. The number of carbonyl (C=O) groups excluding carboxylic acids is 1. The topological polar surface area (TPSA) is 115 Å². The first-order valence-electron chi connectivity index (χ1n) is 12.2. The number of pyridine rings is 2. The third kappa shape index (κ3) is 5.19. The summed E-state index contributed by atoms with van der Waals surface area (Å²) in [6, 6.07) is 9.43. The number of nitrogens with zero attached hydrogens (tertiary/aromatic N) is 3. The van der Waals surface area contributed by atoms with Gasteiger partial charge in [-0.3, -0.25) is 19.5 Å². The predicted molar refractivity (Wildman–Crippen MR) is 142 cm³/mol. The second-order valence-electron chi connectivity index (χ2n) is 8.93. The van der Waals surface area contributed by atoms with E-state index in [0.717, 1.165) is 74.9 Å². The number of fused-ring (bicyclic) bond motifs is 1. The first-order valence-corrected chi connectivity index (χ1v) is 12.2. The number of aromatic amines is 1. The maximum Gasteiger partial charge on any atom is 0.263 e. The lowest BCUT2D eigenvalue weighted by Gasteiger charge is -2.36. The molecule has 0 radical (unpaired) electrons. The van der Waals surface area contributed by atoms with Crippen LogP contribution in [0.3, 0.4) is 0 Å². The molecule has 0 atom stereocenters. The highest BCUT2D eigenvalue weighted by Gasteiger charge is 2.21. The largest absolute Gasteiger partial charge is 0.383 e. The van der Waals surface area contributed by atoms with Gasteiger partial charge in [-0.05, 0) is 36.8 Å². The third-order valence-electron chi connectivity index (χ3n) is 6.68. The highest BCUT2D eigenvalue weighted by atomic mass is 16.5. The monoisotopic (exact) mass is 489 g/mol. The van der Waals surface area contributed by atoms with E-state index in [4.69, 9.17) is 4.74 Å². The van der Waals surface area contributed by atoms with Crippen molar-refractivity contribution in [1.29, 1.82) is 0 Å². The Morgan fingerprint density at radius 3 is 2.67 bits per heavy atom. The second-order valence-corrected chi connectivity index (χ2v) is 8.93. The molecule has 0 aliphatic carbocycles. The average Bonchev–Trinajstić information content (AvgIpc) is 3.38. The van der Waals surface area contributed by atoms with Crippen molar-refractivity contribution in [2.75, 3.05) is 73.8 Å². The van der Waals surface area contributed by atoms with Gasteiger partial charge in [0.1, 0.15) is 5.56 Å². The van der Waals surface area contributed by atoms with E-state index in [-0.39, 0.29) is 5.56 Å². The van der Waals surface area contributed by atoms with Gasteiger partial charge in [0.15, 0.2) is 0 Å². The van der Waals surface area contributed by atoms with Crippen molar-refractivity contribution in [2.45, 2.75) is 6.42 Å². The van der Waals surface area contributed by atoms with E-state index >= 15 is 0 Å². The van der Waals surface area contributed by atoms with Crippen LogP contribution in [0.4, 0.5) is 28.4 Å². The maximum absolute atomic E-state index is 13.2. The number of benzene rings is 1. The fraction of sp³-hybridized carbons (Fsp3) is 0.346. The van der Waals surface area contributed by atoms with Gasteiger partial charge in [0.05, 0.1) is 36.1 Å². The van der Waals surface area contributed by atoms with Crippen molar-refractivity contribution in [1.82, 2.24) is 14.9 Å². The highest BCUT2D eigenvalue weighted by molar-refractivity contribution is 6.08. The van der Waals surface area contributed by atoms with Gasteiger partial charge in [-0.1, -0.05) is 0 Å². The Kier molecular flexibility index (Phi) is 7.15. The van der Waals surface area contributed by atoms with Gasteiger partial charge in [-0.25, -0.2) is 0 Å². The summed E-state index contributed by atoms with van der Waals surface area (Å²) in [5.41, 5.74) is 4.57. The normalized spacial score (nSPS) is 15.3. The molecule has 1 aromatic carbocycles. The molecular weight excluding hydrogens is 458 g/mol. The van der Waals surface area contributed by atoms with Gasteiger partial charge in [-0.2, -0.15) is 0 Å². The Morgan fingerprint density at radius 2 is 1.89 bits per heavy atom. The van der Waals surface area contributed by atoms with Crippen molar-refractivity contribution >= 4 is 34.3 Å². The zero-order chi connectivity index (χ0) is 24.9. The number of carbonyl (C=O) groups is 1. The van der Waals surface area contributed by atoms with E-state index < -0.39 is 11.5 Å². The highest BCUT2D eigenvalue weighted by Crippen LogP contribution is 2.30. The number of aromatic nitrogens is 2. The number of rotatable bonds is 8. The van der Waals surface area contributed by atoms with E-state index in [1.807, 2.05) is 24.3 Å². The zero-order valence-corrected chi connectivity index (χ0v) is 20.3. The van der Waals surface area contributed by atoms with Gasteiger partial charge in [0.2, 0.25) is 0 Å². The van der Waals surface area contributed by atoms with E-state index in [9.17, 15) is 9.59 Å². The number of methoxy groups -OCH3 is 1. The first kappa shape index (κ1) is 23.8. The number of hydrogen-bond donors (Lipinski definition) is 4. The fourth-order valence-corrected chi connectivity index (χ4v) is 4.69. The van der Waals surface area contributed by atoms with Crippen LogP contribution in [0.1, 0.15) is 15.9 Å². The molecule has 2 aromatic heterocycles. The van der Waals surface area contributed by atoms with Gasteiger partial charge in [-0.15, -0.1) is 0 Å². The molecule has 0 bridgehead atoms. The van der Waals surface area contributed by atoms with Crippen LogP contribution < -0.4 is 26.4 Å². The number of H-pyrrole nitrogens is 1. The lowest BCUT2D eigenvalue weighted by atomic mass is 10.1. The summed E-state index contributed by atoms with van der Waals surface area (Å²) >= 11 is 0. The molecule has 2 aliphatic heterocycles. The molecule has 36 heavy (non-hydrogen) atoms. The molecule has 0 spiro atoms. The van der Waals surface area contributed by atoms with Crippen molar-refractivity contribution in [3.63, 3.8) is 0 Å². The molecule has 1 amide bonds. The summed E-state index contributed by atoms with van der Waals surface area (Å²) in [7, 11) is 1.73. The Bertz CT molecular complexity index is 1270. The first-order chi connectivity index (χ1) is 17.6. The van der Waals surface area contributed by atoms with Crippen molar-refractivity contribution in [3.05, 3.63) is 70.4 Å². The van der Waals surface area contributed by atoms with Crippen LogP contribution in [-0.4, -0.2) is 73.8 Å². The minimum absolute atomic E-state index is 0.0253. The number of anilines is 5. The number of ether oxygens (including phenoxy) is 1. The van der Waals surface area contributed by atoms with Crippen molar-refractivity contribution in [2.24, 2.45) is 0 Å². The van der Waals surface area contributed by atoms with E-state index in [1.54, 1.807) is 25.6 Å². The van der Waals surface area contributed by atoms with Crippen LogP contribution in [0.5, 0.6) is 0 Å².